The Kier molecular flexibility index (Phi) is 5.61. The minimum Gasteiger partial charge on any atom is -0.392 e. The molecule has 1 heterocycles. The highest BCUT2D eigenvalue weighted by Crippen LogP contribution is 2.24. The van der Waals surface area contributed by atoms with Crippen LogP contribution in [0.4, 0.5) is 0 Å². The minimum absolute atomic E-state index is 0.0782. The summed E-state index contributed by atoms with van der Waals surface area (Å²) in [5, 5.41) is 13.1. The van der Waals surface area contributed by atoms with Crippen LogP contribution in [0, 0.1) is 5.92 Å². The molecule has 1 unspecified atom stereocenters. The van der Waals surface area contributed by atoms with E-state index in [-0.39, 0.29) is 18.2 Å². The molecule has 0 saturated carbocycles. The van der Waals surface area contributed by atoms with Gasteiger partial charge >= 0.3 is 0 Å². The summed E-state index contributed by atoms with van der Waals surface area (Å²) in [7, 11) is 1.54. The van der Waals surface area contributed by atoms with Gasteiger partial charge in [0.05, 0.1) is 17.6 Å². The third kappa shape index (κ3) is 4.30. The first-order chi connectivity index (χ1) is 8.43. The second kappa shape index (κ2) is 6.75. The Bertz CT molecular complexity index is 359. The second-order valence-corrected chi connectivity index (χ2v) is 5.47. The number of thioether (sulfide) groups is 1. The molecule has 0 saturated heterocycles. The average Bonchev–Trinajstić information content (AvgIpc) is 2.77. The fraction of sp³-hybridized carbons (Fsp3) is 0.727. The van der Waals surface area contributed by atoms with E-state index in [1.54, 1.807) is 0 Å². The van der Waals surface area contributed by atoms with Crippen LogP contribution in [-0.2, 0) is 9.59 Å². The fourth-order valence-corrected chi connectivity index (χ4v) is 2.76. The van der Waals surface area contributed by atoms with Crippen molar-refractivity contribution in [1.29, 1.82) is 0 Å². The molecule has 1 aliphatic rings. The van der Waals surface area contributed by atoms with Gasteiger partial charge in [0.1, 0.15) is 6.04 Å². The summed E-state index contributed by atoms with van der Waals surface area (Å²) in [4.78, 5) is 26.3. The first-order valence-corrected chi connectivity index (χ1v) is 6.80. The van der Waals surface area contributed by atoms with Crippen LogP contribution in [0.2, 0.25) is 0 Å². The largest absolute Gasteiger partial charge is 0.392 e. The van der Waals surface area contributed by atoms with E-state index in [4.69, 9.17) is 5.73 Å². The number of nitrogens with one attached hydrogen (secondary N) is 1. The molecule has 0 aromatic heterocycles. The van der Waals surface area contributed by atoms with Crippen LogP contribution in [0.1, 0.15) is 19.8 Å². The average molecular weight is 273 g/mol. The van der Waals surface area contributed by atoms with Crippen molar-refractivity contribution in [3.8, 4) is 0 Å². The van der Waals surface area contributed by atoms with E-state index in [1.807, 2.05) is 6.92 Å². The van der Waals surface area contributed by atoms with Gasteiger partial charge < -0.3 is 16.2 Å². The number of aliphatic imine (C=N–C) groups is 1. The summed E-state index contributed by atoms with van der Waals surface area (Å²) < 4.78 is 0. The number of aliphatic hydroxyl groups excluding tert-OH is 1. The molecule has 18 heavy (non-hydrogen) atoms. The maximum Gasteiger partial charge on any atom is 0.243 e. The number of rotatable bonds is 6. The van der Waals surface area contributed by atoms with Gasteiger partial charge in [-0.05, 0) is 5.92 Å². The Labute approximate surface area is 110 Å². The second-order valence-electron chi connectivity index (χ2n) is 4.38. The number of primary amides is 1. The highest BCUT2D eigenvalue weighted by molar-refractivity contribution is 8.14. The molecule has 4 N–H and O–H groups in total. The number of amides is 2. The van der Waals surface area contributed by atoms with E-state index in [0.29, 0.717) is 12.2 Å². The summed E-state index contributed by atoms with van der Waals surface area (Å²) >= 11 is 1.49. The zero-order valence-corrected chi connectivity index (χ0v) is 11.4. The maximum absolute atomic E-state index is 11.1. The predicted molar refractivity (Wildman–Crippen MR) is 71.3 cm³/mol. The zero-order chi connectivity index (χ0) is 13.7. The van der Waals surface area contributed by atoms with Crippen molar-refractivity contribution in [2.24, 2.45) is 16.6 Å². The summed E-state index contributed by atoms with van der Waals surface area (Å²) in [5.74, 6) is -0.121. The van der Waals surface area contributed by atoms with Gasteiger partial charge in [0, 0.05) is 19.2 Å². The van der Waals surface area contributed by atoms with Crippen molar-refractivity contribution < 1.29 is 14.7 Å². The highest BCUT2D eigenvalue weighted by atomic mass is 32.2. The monoisotopic (exact) mass is 273 g/mol. The maximum atomic E-state index is 11.1. The Morgan fingerprint density at radius 3 is 2.83 bits per heavy atom. The van der Waals surface area contributed by atoms with Gasteiger partial charge in [-0.3, -0.25) is 14.6 Å². The summed E-state index contributed by atoms with van der Waals surface area (Å²) in [5.41, 5.74) is 5.17. The molecule has 1 aliphatic heterocycles. The van der Waals surface area contributed by atoms with Crippen molar-refractivity contribution in [3.63, 3.8) is 0 Å². The lowest BCUT2D eigenvalue weighted by atomic mass is 9.98. The van der Waals surface area contributed by atoms with Gasteiger partial charge in [0.15, 0.2) is 0 Å². The van der Waals surface area contributed by atoms with Gasteiger partial charge in [-0.15, -0.1) is 11.8 Å². The van der Waals surface area contributed by atoms with Gasteiger partial charge in [-0.2, -0.15) is 0 Å². The molecule has 0 aromatic rings. The lowest BCUT2D eigenvalue weighted by Gasteiger charge is -2.17. The minimum atomic E-state index is -0.708. The molecule has 0 aliphatic carbocycles. The Hall–Kier alpha value is -1.08. The molecule has 2 amide bonds. The van der Waals surface area contributed by atoms with Crippen molar-refractivity contribution in [2.45, 2.75) is 31.9 Å². The van der Waals surface area contributed by atoms with Crippen LogP contribution in [0.3, 0.4) is 0 Å². The number of hydrogen-bond donors (Lipinski definition) is 3. The van der Waals surface area contributed by atoms with Crippen LogP contribution in [0.5, 0.6) is 0 Å². The van der Waals surface area contributed by atoms with Crippen LogP contribution in [-0.4, -0.2) is 46.9 Å². The van der Waals surface area contributed by atoms with Crippen LogP contribution >= 0.6 is 11.8 Å². The molecule has 6 nitrogen and oxygen atoms in total. The Morgan fingerprint density at radius 1 is 1.67 bits per heavy atom. The van der Waals surface area contributed by atoms with E-state index in [0.717, 1.165) is 5.04 Å². The molecule has 0 radical (unpaired) electrons. The molecule has 0 aromatic carbocycles. The standard InChI is InChI=1S/C11H19N3O3S/c1-6(8(15)4-9(16)13-2)3-10-14-7(5-18-10)11(12)17/h6-8,15H,3-5H2,1-2H3,(H2,12,17)(H,13,16)/t6-,7?,8+/m1/s1. The van der Waals surface area contributed by atoms with Gasteiger partial charge in [0.2, 0.25) is 11.8 Å². The number of carbonyl (C=O) groups excluding carboxylic acids is 2. The van der Waals surface area contributed by atoms with Crippen molar-refractivity contribution in [2.75, 3.05) is 12.8 Å². The van der Waals surface area contributed by atoms with Gasteiger partial charge in [-0.1, -0.05) is 6.92 Å². The van der Waals surface area contributed by atoms with Crippen molar-refractivity contribution >= 4 is 28.6 Å². The van der Waals surface area contributed by atoms with Crippen LogP contribution < -0.4 is 11.1 Å². The summed E-state index contributed by atoms with van der Waals surface area (Å²) in [6, 6.07) is -0.451. The molecule has 102 valence electrons. The molecule has 3 atom stereocenters. The first-order valence-electron chi connectivity index (χ1n) is 5.81. The molecular formula is C11H19N3O3S. The van der Waals surface area contributed by atoms with Crippen molar-refractivity contribution in [1.82, 2.24) is 5.32 Å². The van der Waals surface area contributed by atoms with Crippen LogP contribution in [0.25, 0.3) is 0 Å². The van der Waals surface area contributed by atoms with E-state index in [2.05, 4.69) is 10.3 Å². The molecular weight excluding hydrogens is 254 g/mol. The van der Waals surface area contributed by atoms with E-state index in [1.165, 1.54) is 18.8 Å². The number of nitrogens with two attached hydrogens (primary N) is 1. The lowest BCUT2D eigenvalue weighted by Crippen LogP contribution is -2.28. The quantitative estimate of drug-likeness (QED) is 0.607. The fourth-order valence-electron chi connectivity index (χ4n) is 1.59. The number of carbonyl (C=O) groups is 2. The zero-order valence-electron chi connectivity index (χ0n) is 10.5. The summed E-state index contributed by atoms with van der Waals surface area (Å²) in [6.45, 7) is 1.86. The third-order valence-corrected chi connectivity index (χ3v) is 3.95. The highest BCUT2D eigenvalue weighted by Gasteiger charge is 2.26. The summed E-state index contributed by atoms with van der Waals surface area (Å²) in [6.07, 6.45) is -0.0672. The van der Waals surface area contributed by atoms with Crippen molar-refractivity contribution in [3.05, 3.63) is 0 Å². The molecule has 7 heteroatoms. The molecule has 0 bridgehead atoms. The molecule has 0 fully saturated rings. The number of nitrogens with zero attached hydrogens (tertiary/aromatic N) is 1. The van der Waals surface area contributed by atoms with E-state index < -0.39 is 18.1 Å². The SMILES string of the molecule is CNC(=O)C[C@H](O)[C@H](C)CC1=NC(C(N)=O)CS1. The van der Waals surface area contributed by atoms with Crippen LogP contribution in [0.15, 0.2) is 4.99 Å². The van der Waals surface area contributed by atoms with Gasteiger partial charge in [-0.25, -0.2) is 0 Å². The first kappa shape index (κ1) is 15.0. The van der Waals surface area contributed by atoms with Gasteiger partial charge in [0.25, 0.3) is 0 Å². The lowest BCUT2D eigenvalue weighted by molar-refractivity contribution is -0.123. The topological polar surface area (TPSA) is 105 Å². The normalized spacial score (nSPS) is 22.2. The van der Waals surface area contributed by atoms with E-state index >= 15 is 0 Å². The Morgan fingerprint density at radius 2 is 2.33 bits per heavy atom. The molecule has 1 rings (SSSR count). The molecule has 0 spiro atoms. The third-order valence-electron chi connectivity index (χ3n) is 2.86. The number of aliphatic hydroxyl groups is 1. The predicted octanol–water partition coefficient (Wildman–Crippen LogP) is -0.491. The Balaban J connectivity index is 2.45. The number of hydrogen-bond acceptors (Lipinski definition) is 5. The smallest absolute Gasteiger partial charge is 0.243 e. The van der Waals surface area contributed by atoms with E-state index in [9.17, 15) is 14.7 Å².